The molecule has 5 heteroatoms. The second-order valence-electron chi connectivity index (χ2n) is 5.60. The number of aromatic nitrogens is 2. The molecule has 24 heavy (non-hydrogen) atoms. The summed E-state index contributed by atoms with van der Waals surface area (Å²) in [6, 6.07) is 14.1. The number of rotatable bonds is 2. The molecular formula is C19H14N4O. The zero-order valence-electron chi connectivity index (χ0n) is 12.7. The van der Waals surface area contributed by atoms with Crippen LogP contribution in [0.1, 0.15) is 15.9 Å². The molecule has 0 fully saturated rings. The van der Waals surface area contributed by atoms with Crippen molar-refractivity contribution in [3.63, 3.8) is 0 Å². The first-order chi connectivity index (χ1) is 11.6. The van der Waals surface area contributed by atoms with Crippen LogP contribution in [0.15, 0.2) is 60.9 Å². The molecule has 4 rings (SSSR count). The third-order valence-electron chi connectivity index (χ3n) is 4.02. The third-order valence-corrected chi connectivity index (χ3v) is 4.02. The number of carbonyl (C=O) groups is 1. The zero-order chi connectivity index (χ0) is 16.7. The van der Waals surface area contributed by atoms with Crippen molar-refractivity contribution in [1.29, 1.82) is 0 Å². The van der Waals surface area contributed by atoms with Gasteiger partial charge < -0.3 is 11.5 Å². The first-order valence-corrected chi connectivity index (χ1v) is 7.47. The van der Waals surface area contributed by atoms with Crippen LogP contribution in [0.2, 0.25) is 0 Å². The van der Waals surface area contributed by atoms with Crippen molar-refractivity contribution in [1.82, 2.24) is 9.97 Å². The number of benzene rings is 2. The van der Waals surface area contributed by atoms with E-state index < -0.39 is 0 Å². The van der Waals surface area contributed by atoms with Gasteiger partial charge in [0.05, 0.1) is 11.0 Å². The van der Waals surface area contributed by atoms with Crippen LogP contribution in [0, 0.1) is 0 Å². The summed E-state index contributed by atoms with van der Waals surface area (Å²) >= 11 is 0. The van der Waals surface area contributed by atoms with Crippen molar-refractivity contribution >= 4 is 39.0 Å². The van der Waals surface area contributed by atoms with Crippen LogP contribution in [-0.4, -0.2) is 15.8 Å². The average Bonchev–Trinajstić information content (AvgIpc) is 2.60. The Labute approximate surface area is 137 Å². The molecular weight excluding hydrogens is 300 g/mol. The number of nitrogens with two attached hydrogens (primary N) is 2. The minimum Gasteiger partial charge on any atom is -0.399 e. The predicted octanol–water partition coefficient (Wildman–Crippen LogP) is 3.18. The minimum absolute atomic E-state index is 0.106. The lowest BCUT2D eigenvalue weighted by molar-refractivity contribution is 0.104. The Hall–Kier alpha value is -3.47. The molecule has 0 bridgehead atoms. The molecule has 0 unspecified atom stereocenters. The number of ketones is 1. The van der Waals surface area contributed by atoms with Crippen molar-refractivity contribution < 1.29 is 4.79 Å². The maximum Gasteiger partial charge on any atom is 0.194 e. The van der Waals surface area contributed by atoms with E-state index in [4.69, 9.17) is 11.5 Å². The Morgan fingerprint density at radius 2 is 1.17 bits per heavy atom. The molecule has 0 aliphatic heterocycles. The van der Waals surface area contributed by atoms with E-state index in [0.717, 1.165) is 21.8 Å². The Morgan fingerprint density at radius 1 is 0.708 bits per heavy atom. The molecule has 2 heterocycles. The van der Waals surface area contributed by atoms with Gasteiger partial charge in [0.15, 0.2) is 5.78 Å². The summed E-state index contributed by atoms with van der Waals surface area (Å²) in [6.07, 6.45) is 3.26. The standard InChI is InChI=1S/C19H14N4O/c20-11-1-3-17-15(9-11)13(5-7-22-17)19(24)14-6-8-23-18-4-2-12(21)10-16(14)18/h1-10H,20-21H2. The van der Waals surface area contributed by atoms with Gasteiger partial charge in [-0.15, -0.1) is 0 Å². The second kappa shape index (κ2) is 5.31. The molecule has 2 aromatic heterocycles. The molecule has 0 amide bonds. The van der Waals surface area contributed by atoms with Crippen molar-refractivity contribution in [2.24, 2.45) is 0 Å². The summed E-state index contributed by atoms with van der Waals surface area (Å²) < 4.78 is 0. The van der Waals surface area contributed by atoms with E-state index in [1.807, 2.05) is 12.1 Å². The number of anilines is 2. The molecule has 0 aliphatic carbocycles. The van der Waals surface area contributed by atoms with Gasteiger partial charge >= 0.3 is 0 Å². The van der Waals surface area contributed by atoms with Crippen LogP contribution >= 0.6 is 0 Å². The average molecular weight is 314 g/mol. The van der Waals surface area contributed by atoms with Gasteiger partial charge in [0.2, 0.25) is 0 Å². The largest absolute Gasteiger partial charge is 0.399 e. The molecule has 4 aromatic rings. The quantitative estimate of drug-likeness (QED) is 0.438. The lowest BCUT2D eigenvalue weighted by atomic mass is 9.97. The van der Waals surface area contributed by atoms with E-state index in [1.165, 1.54) is 0 Å². The smallest absolute Gasteiger partial charge is 0.194 e. The number of carbonyl (C=O) groups excluding carboxylic acids is 1. The SMILES string of the molecule is Nc1ccc2nccc(C(=O)c3ccnc4ccc(N)cc34)c2c1. The molecule has 4 N–H and O–H groups in total. The minimum atomic E-state index is -0.106. The zero-order valence-corrected chi connectivity index (χ0v) is 12.7. The molecule has 0 atom stereocenters. The van der Waals surface area contributed by atoms with Crippen LogP contribution in [0.4, 0.5) is 11.4 Å². The summed E-state index contributed by atoms with van der Waals surface area (Å²) in [5.74, 6) is -0.106. The molecule has 2 aromatic carbocycles. The first kappa shape index (κ1) is 14.1. The third kappa shape index (κ3) is 2.23. The van der Waals surface area contributed by atoms with Crippen molar-refractivity contribution in [3.05, 3.63) is 72.1 Å². The van der Waals surface area contributed by atoms with E-state index in [-0.39, 0.29) is 5.78 Å². The number of nitrogens with zero attached hydrogens (tertiary/aromatic N) is 2. The topological polar surface area (TPSA) is 94.9 Å². The van der Waals surface area contributed by atoms with Gasteiger partial charge in [0, 0.05) is 45.7 Å². The van der Waals surface area contributed by atoms with E-state index in [2.05, 4.69) is 9.97 Å². The van der Waals surface area contributed by atoms with Gasteiger partial charge in [-0.2, -0.15) is 0 Å². The van der Waals surface area contributed by atoms with Crippen molar-refractivity contribution in [2.75, 3.05) is 11.5 Å². The molecule has 0 radical (unpaired) electrons. The van der Waals surface area contributed by atoms with Gasteiger partial charge in [0.25, 0.3) is 0 Å². The van der Waals surface area contributed by atoms with E-state index in [9.17, 15) is 4.79 Å². The van der Waals surface area contributed by atoms with Gasteiger partial charge in [-0.05, 0) is 48.5 Å². The van der Waals surface area contributed by atoms with Crippen LogP contribution in [0.25, 0.3) is 21.8 Å². The van der Waals surface area contributed by atoms with Gasteiger partial charge in [-0.1, -0.05) is 0 Å². The maximum absolute atomic E-state index is 13.2. The van der Waals surface area contributed by atoms with Crippen LogP contribution < -0.4 is 11.5 Å². The maximum atomic E-state index is 13.2. The molecule has 0 saturated heterocycles. The highest BCUT2D eigenvalue weighted by Gasteiger charge is 2.16. The Kier molecular flexibility index (Phi) is 3.13. The Balaban J connectivity index is 1.97. The van der Waals surface area contributed by atoms with E-state index in [1.54, 1.807) is 48.8 Å². The molecule has 0 saturated carbocycles. The van der Waals surface area contributed by atoms with Crippen LogP contribution in [-0.2, 0) is 0 Å². The Bertz CT molecular complexity index is 1020. The molecule has 0 spiro atoms. The molecule has 0 aliphatic rings. The lowest BCUT2D eigenvalue weighted by Gasteiger charge is -2.09. The van der Waals surface area contributed by atoms with Gasteiger partial charge in [-0.25, -0.2) is 0 Å². The van der Waals surface area contributed by atoms with Gasteiger partial charge in [-0.3, -0.25) is 14.8 Å². The van der Waals surface area contributed by atoms with Crippen LogP contribution in [0.5, 0.6) is 0 Å². The van der Waals surface area contributed by atoms with Gasteiger partial charge in [0.1, 0.15) is 0 Å². The summed E-state index contributed by atoms with van der Waals surface area (Å²) in [4.78, 5) is 21.8. The highest BCUT2D eigenvalue weighted by atomic mass is 16.1. The van der Waals surface area contributed by atoms with E-state index >= 15 is 0 Å². The molecule has 116 valence electrons. The fourth-order valence-corrected chi connectivity index (χ4v) is 2.87. The first-order valence-electron chi connectivity index (χ1n) is 7.47. The number of pyridine rings is 2. The number of hydrogen-bond donors (Lipinski definition) is 2. The summed E-state index contributed by atoms with van der Waals surface area (Å²) in [5, 5.41) is 1.47. The lowest BCUT2D eigenvalue weighted by Crippen LogP contribution is -2.05. The summed E-state index contributed by atoms with van der Waals surface area (Å²) in [6.45, 7) is 0. The monoisotopic (exact) mass is 314 g/mol. The summed E-state index contributed by atoms with van der Waals surface area (Å²) in [5.41, 5.74) is 15.5. The number of hydrogen-bond acceptors (Lipinski definition) is 5. The van der Waals surface area contributed by atoms with Crippen LogP contribution in [0.3, 0.4) is 0 Å². The number of nitrogen functional groups attached to an aromatic ring is 2. The highest BCUT2D eigenvalue weighted by molar-refractivity contribution is 6.21. The van der Waals surface area contributed by atoms with Crippen molar-refractivity contribution in [3.8, 4) is 0 Å². The fourth-order valence-electron chi connectivity index (χ4n) is 2.87. The molecule has 5 nitrogen and oxygen atoms in total. The van der Waals surface area contributed by atoms with E-state index in [0.29, 0.717) is 22.5 Å². The highest BCUT2D eigenvalue weighted by Crippen LogP contribution is 2.26. The van der Waals surface area contributed by atoms with Crippen molar-refractivity contribution in [2.45, 2.75) is 0 Å². The Morgan fingerprint density at radius 3 is 1.62 bits per heavy atom. The fraction of sp³-hybridized carbons (Fsp3) is 0. The normalized spacial score (nSPS) is 11.0. The second-order valence-corrected chi connectivity index (χ2v) is 5.60. The number of fused-ring (bicyclic) bond motifs is 2. The predicted molar refractivity (Wildman–Crippen MR) is 95.7 cm³/mol. The summed E-state index contributed by atoms with van der Waals surface area (Å²) in [7, 11) is 0.